The number of allylic oxidation sites excluding steroid dienone is 2. The van der Waals surface area contributed by atoms with Crippen LogP contribution in [0.15, 0.2) is 16.8 Å². The van der Waals surface area contributed by atoms with E-state index in [0.29, 0.717) is 30.6 Å². The second-order valence-corrected chi connectivity index (χ2v) is 12.5. The molecule has 4 aliphatic rings. The lowest BCUT2D eigenvalue weighted by Crippen LogP contribution is -2.57. The van der Waals surface area contributed by atoms with Crippen molar-refractivity contribution in [3.05, 3.63) is 11.6 Å². The van der Waals surface area contributed by atoms with Gasteiger partial charge in [-0.1, -0.05) is 44.8 Å². The van der Waals surface area contributed by atoms with Crippen molar-refractivity contribution in [1.29, 1.82) is 0 Å². The van der Waals surface area contributed by atoms with E-state index in [-0.39, 0.29) is 29.1 Å². The number of fused-ring (bicyclic) bond motifs is 5. The molecule has 0 heterocycles. The number of oxime groups is 1. The van der Waals surface area contributed by atoms with E-state index in [4.69, 9.17) is 4.84 Å². The maximum atomic E-state index is 12.4. The molecule has 0 aromatic carbocycles. The summed E-state index contributed by atoms with van der Waals surface area (Å²) in [6.07, 6.45) is 9.94. The molecular weight excluding hydrogens is 472 g/mol. The van der Waals surface area contributed by atoms with Crippen molar-refractivity contribution in [2.75, 3.05) is 6.61 Å². The Hall–Kier alpha value is -2.22. The van der Waals surface area contributed by atoms with E-state index < -0.39 is 23.5 Å². The van der Waals surface area contributed by atoms with Crippen LogP contribution < -0.4 is 5.32 Å². The van der Waals surface area contributed by atoms with Gasteiger partial charge in [0.15, 0.2) is 12.4 Å². The molecule has 8 atom stereocenters. The lowest BCUT2D eigenvalue weighted by molar-refractivity contribution is -0.159. The van der Waals surface area contributed by atoms with E-state index in [2.05, 4.69) is 30.4 Å². The van der Waals surface area contributed by atoms with Crippen LogP contribution in [0.3, 0.4) is 0 Å². The quantitative estimate of drug-likeness (QED) is 0.414. The number of carboxylic acids is 1. The number of Topliss-reactive ketones (excluding diaryl/α,β-unsaturated/α-hetero) is 1. The summed E-state index contributed by atoms with van der Waals surface area (Å²) in [4.78, 5) is 41.5. The zero-order chi connectivity index (χ0) is 27.2. The van der Waals surface area contributed by atoms with E-state index in [0.717, 1.165) is 50.7 Å². The number of hydrogen-bond donors (Lipinski definition) is 3. The van der Waals surface area contributed by atoms with E-state index in [1.807, 2.05) is 6.92 Å². The lowest BCUT2D eigenvalue weighted by atomic mass is 9.46. The van der Waals surface area contributed by atoms with Gasteiger partial charge in [-0.15, -0.1) is 0 Å². The number of aliphatic carboxylic acids is 1. The fraction of sp³-hybridized carbons (Fsp3) is 0.793. The minimum absolute atomic E-state index is 0.0720. The van der Waals surface area contributed by atoms with Gasteiger partial charge in [0.1, 0.15) is 11.6 Å². The minimum Gasteiger partial charge on any atom is -0.480 e. The van der Waals surface area contributed by atoms with Gasteiger partial charge < -0.3 is 20.4 Å². The number of nitrogens with zero attached hydrogens (tertiary/aromatic N) is 1. The van der Waals surface area contributed by atoms with Crippen LogP contribution in [0.5, 0.6) is 0 Å². The first-order valence-corrected chi connectivity index (χ1v) is 14.0. The molecule has 0 aliphatic heterocycles. The third kappa shape index (κ3) is 4.64. The highest BCUT2D eigenvalue weighted by Gasteiger charge is 2.65. The molecule has 1 amide bonds. The largest absolute Gasteiger partial charge is 0.480 e. The molecule has 0 bridgehead atoms. The molecule has 3 fully saturated rings. The summed E-state index contributed by atoms with van der Waals surface area (Å²) in [6.45, 7) is 9.44. The van der Waals surface area contributed by atoms with E-state index >= 15 is 0 Å². The average Bonchev–Trinajstić information content (AvgIpc) is 3.14. The standard InChI is InChI=1S/C29H44N2O6/c1-6-17(2)25(26(34)35)30-24(33)16-37-31-20-9-12-27(4)19(15-20)7-8-21-22(27)10-13-28(5)23(21)11-14-29(28,36)18(3)32/h15,17,21-23,25,36H,6-14,16H2,1-5H3,(H,30,33)(H,34,35). The Morgan fingerprint density at radius 3 is 2.49 bits per heavy atom. The van der Waals surface area contributed by atoms with Gasteiger partial charge in [0, 0.05) is 5.41 Å². The molecule has 3 saturated carbocycles. The van der Waals surface area contributed by atoms with Gasteiger partial charge in [-0.05, 0) is 93.5 Å². The predicted octanol–water partition coefficient (Wildman–Crippen LogP) is 4.26. The fourth-order valence-corrected chi connectivity index (χ4v) is 8.31. The molecule has 0 saturated heterocycles. The molecule has 0 spiro atoms. The third-order valence-corrected chi connectivity index (χ3v) is 10.9. The first kappa shape index (κ1) is 27.8. The topological polar surface area (TPSA) is 125 Å². The Bertz CT molecular complexity index is 1010. The smallest absolute Gasteiger partial charge is 0.326 e. The van der Waals surface area contributed by atoms with E-state index in [1.54, 1.807) is 13.8 Å². The van der Waals surface area contributed by atoms with E-state index in [9.17, 15) is 24.6 Å². The molecule has 4 rings (SSSR count). The summed E-state index contributed by atoms with van der Waals surface area (Å²) in [5, 5.41) is 27.5. The fourth-order valence-electron chi connectivity index (χ4n) is 8.31. The molecule has 3 N–H and O–H groups in total. The minimum atomic E-state index is -1.19. The third-order valence-electron chi connectivity index (χ3n) is 10.9. The Kier molecular flexibility index (Phi) is 7.63. The van der Waals surface area contributed by atoms with Crippen LogP contribution in [0.4, 0.5) is 0 Å². The van der Waals surface area contributed by atoms with E-state index in [1.165, 1.54) is 5.57 Å². The van der Waals surface area contributed by atoms with Crippen LogP contribution in [0.2, 0.25) is 0 Å². The molecule has 0 aromatic heterocycles. The maximum absolute atomic E-state index is 12.4. The normalized spacial score (nSPS) is 39.5. The van der Waals surface area contributed by atoms with Crippen molar-refractivity contribution >= 4 is 23.4 Å². The average molecular weight is 517 g/mol. The SMILES string of the molecule is CCC(C)C(NC(=O)CON=C1C=C2CCC3C(CCC4(C)C3CCC4(O)C(C)=O)C2(C)CC1)C(=O)O. The second-order valence-electron chi connectivity index (χ2n) is 12.5. The van der Waals surface area contributed by atoms with Gasteiger partial charge in [0.05, 0.1) is 5.71 Å². The van der Waals surface area contributed by atoms with Crippen molar-refractivity contribution < 1.29 is 29.4 Å². The number of carbonyl (C=O) groups excluding carboxylic acids is 2. The van der Waals surface area contributed by atoms with Gasteiger partial charge in [-0.2, -0.15) is 0 Å². The molecule has 8 unspecified atom stereocenters. The van der Waals surface area contributed by atoms with Gasteiger partial charge in [0.25, 0.3) is 5.91 Å². The molecule has 4 aliphatic carbocycles. The van der Waals surface area contributed by atoms with Crippen LogP contribution in [0.1, 0.15) is 92.4 Å². The van der Waals surface area contributed by atoms with Crippen molar-refractivity contribution in [1.82, 2.24) is 5.32 Å². The zero-order valence-corrected chi connectivity index (χ0v) is 23.0. The number of hydrogen-bond acceptors (Lipinski definition) is 6. The van der Waals surface area contributed by atoms with Gasteiger partial charge in [-0.25, -0.2) is 4.79 Å². The molecule has 8 nitrogen and oxygen atoms in total. The highest BCUT2D eigenvalue weighted by molar-refractivity contribution is 5.96. The molecular formula is C29H44N2O6. The maximum Gasteiger partial charge on any atom is 0.326 e. The number of aliphatic hydroxyl groups is 1. The molecule has 206 valence electrons. The summed E-state index contributed by atoms with van der Waals surface area (Å²) in [7, 11) is 0. The van der Waals surface area contributed by atoms with Gasteiger partial charge >= 0.3 is 5.97 Å². The summed E-state index contributed by atoms with van der Waals surface area (Å²) in [5.74, 6) is -0.376. The predicted molar refractivity (Wildman–Crippen MR) is 140 cm³/mol. The molecule has 37 heavy (non-hydrogen) atoms. The highest BCUT2D eigenvalue weighted by atomic mass is 16.6. The van der Waals surface area contributed by atoms with Gasteiger partial charge in [0.2, 0.25) is 0 Å². The Morgan fingerprint density at radius 1 is 1.14 bits per heavy atom. The van der Waals surface area contributed by atoms with Crippen molar-refractivity contribution in [3.63, 3.8) is 0 Å². The highest BCUT2D eigenvalue weighted by Crippen LogP contribution is 2.67. The monoisotopic (exact) mass is 516 g/mol. The first-order chi connectivity index (χ1) is 17.4. The number of nitrogens with one attached hydrogen (secondary N) is 1. The van der Waals surface area contributed by atoms with Crippen LogP contribution in [0.25, 0.3) is 0 Å². The lowest BCUT2D eigenvalue weighted by Gasteiger charge is -2.59. The number of carboxylic acid groups (broad SMARTS) is 1. The molecule has 0 radical (unpaired) electrons. The molecule has 0 aromatic rings. The van der Waals surface area contributed by atoms with Crippen LogP contribution in [0, 0.1) is 34.5 Å². The van der Waals surface area contributed by atoms with Gasteiger partial charge in [-0.3, -0.25) is 9.59 Å². The Balaban J connectivity index is 1.41. The first-order valence-electron chi connectivity index (χ1n) is 14.0. The summed E-state index contributed by atoms with van der Waals surface area (Å²) < 4.78 is 0. The number of ketones is 1. The number of carbonyl (C=O) groups is 3. The van der Waals surface area contributed by atoms with Crippen molar-refractivity contribution in [2.45, 2.75) is 104 Å². The Morgan fingerprint density at radius 2 is 1.84 bits per heavy atom. The molecule has 8 heteroatoms. The number of rotatable bonds is 8. The summed E-state index contributed by atoms with van der Waals surface area (Å²) in [6, 6.07) is -0.940. The summed E-state index contributed by atoms with van der Waals surface area (Å²) >= 11 is 0. The Labute approximate surface area is 220 Å². The van der Waals surface area contributed by atoms with Crippen LogP contribution >= 0.6 is 0 Å². The van der Waals surface area contributed by atoms with Crippen molar-refractivity contribution in [3.8, 4) is 0 Å². The second kappa shape index (κ2) is 10.2. The van der Waals surface area contributed by atoms with Crippen LogP contribution in [-0.4, -0.2) is 51.8 Å². The van der Waals surface area contributed by atoms with Crippen molar-refractivity contribution in [2.24, 2.45) is 39.7 Å². The van der Waals surface area contributed by atoms with Crippen LogP contribution in [-0.2, 0) is 19.2 Å². The zero-order valence-electron chi connectivity index (χ0n) is 23.0. The summed E-state index contributed by atoms with van der Waals surface area (Å²) in [5.41, 5.74) is 0.764. The number of amides is 1.